The minimum Gasteiger partial charge on any atom is -0.240 e. The van der Waals surface area contributed by atoms with Crippen LogP contribution in [-0.2, 0) is 6.42 Å². The van der Waals surface area contributed by atoms with E-state index in [1.165, 1.54) is 89.0 Å². The van der Waals surface area contributed by atoms with Crippen LogP contribution in [0.4, 0.5) is 4.39 Å². The van der Waals surface area contributed by atoms with Crippen molar-refractivity contribution in [2.24, 2.45) is 5.92 Å². The van der Waals surface area contributed by atoms with Gasteiger partial charge < -0.3 is 0 Å². The van der Waals surface area contributed by atoms with Crippen LogP contribution in [0.3, 0.4) is 0 Å². The highest BCUT2D eigenvalue weighted by Gasteiger charge is 2.25. The summed E-state index contributed by atoms with van der Waals surface area (Å²) in [6.45, 7) is 4.52. The van der Waals surface area contributed by atoms with Crippen LogP contribution in [0.1, 0.15) is 127 Å². The van der Waals surface area contributed by atoms with E-state index in [1.807, 2.05) is 12.1 Å². The van der Waals surface area contributed by atoms with E-state index in [2.05, 4.69) is 35.9 Å². The lowest BCUT2D eigenvalue weighted by Crippen LogP contribution is -2.16. The molecule has 0 N–H and O–H groups in total. The standard InChI is InChI=1S/C30H45FN2/c1-3-5-7-8-9-10-12-14-25-15-19-26(20-16-25)28-23-32-30(33-29(28)31)27-21-17-24(18-22-27)13-11-6-4-2/h15-16,19-20,23-24,27H,3-14,17-18,21-22H2,1-2H3/t24-,27-. The molecule has 33 heavy (non-hydrogen) atoms. The van der Waals surface area contributed by atoms with Gasteiger partial charge in [-0.3, -0.25) is 0 Å². The highest BCUT2D eigenvalue weighted by Crippen LogP contribution is 2.37. The zero-order valence-electron chi connectivity index (χ0n) is 21.1. The Balaban J connectivity index is 1.47. The van der Waals surface area contributed by atoms with Gasteiger partial charge in [-0.05, 0) is 55.6 Å². The third-order valence-electron chi connectivity index (χ3n) is 7.52. The number of unbranched alkanes of at least 4 members (excludes halogenated alkanes) is 8. The summed E-state index contributed by atoms with van der Waals surface area (Å²) < 4.78 is 14.9. The number of aromatic nitrogens is 2. The summed E-state index contributed by atoms with van der Waals surface area (Å²) in [5, 5.41) is 0. The Hall–Kier alpha value is -1.77. The topological polar surface area (TPSA) is 25.8 Å². The molecule has 0 spiro atoms. The monoisotopic (exact) mass is 452 g/mol. The summed E-state index contributed by atoms with van der Waals surface area (Å²) in [4.78, 5) is 8.91. The molecule has 0 atom stereocenters. The molecule has 1 aromatic heterocycles. The van der Waals surface area contributed by atoms with Crippen LogP contribution in [0, 0.1) is 11.9 Å². The molecule has 1 heterocycles. The van der Waals surface area contributed by atoms with Crippen molar-refractivity contribution in [3.8, 4) is 11.1 Å². The van der Waals surface area contributed by atoms with Crippen LogP contribution in [0.5, 0.6) is 0 Å². The molecule has 0 radical (unpaired) electrons. The van der Waals surface area contributed by atoms with E-state index in [4.69, 9.17) is 0 Å². The third kappa shape index (κ3) is 8.50. The van der Waals surface area contributed by atoms with Crippen molar-refractivity contribution in [2.75, 3.05) is 0 Å². The van der Waals surface area contributed by atoms with Crippen molar-refractivity contribution < 1.29 is 4.39 Å². The molecule has 1 aliphatic carbocycles. The molecular weight excluding hydrogens is 407 g/mol. The van der Waals surface area contributed by atoms with E-state index in [9.17, 15) is 4.39 Å². The second-order valence-electron chi connectivity index (χ2n) is 10.2. The Bertz CT molecular complexity index is 793. The maximum absolute atomic E-state index is 14.9. The maximum Gasteiger partial charge on any atom is 0.224 e. The van der Waals surface area contributed by atoms with Crippen LogP contribution in [0.25, 0.3) is 11.1 Å². The second kappa shape index (κ2) is 14.5. The van der Waals surface area contributed by atoms with Crippen molar-refractivity contribution in [3.63, 3.8) is 0 Å². The highest BCUT2D eigenvalue weighted by atomic mass is 19.1. The van der Waals surface area contributed by atoms with E-state index in [-0.39, 0.29) is 5.95 Å². The summed E-state index contributed by atoms with van der Waals surface area (Å²) in [6, 6.07) is 8.33. The van der Waals surface area contributed by atoms with Crippen LogP contribution in [-0.4, -0.2) is 9.97 Å². The molecule has 3 heteroatoms. The van der Waals surface area contributed by atoms with Gasteiger partial charge in [-0.2, -0.15) is 4.39 Å². The smallest absolute Gasteiger partial charge is 0.224 e. The van der Waals surface area contributed by atoms with Crippen molar-refractivity contribution in [2.45, 2.75) is 122 Å². The molecule has 0 amide bonds. The van der Waals surface area contributed by atoms with Gasteiger partial charge >= 0.3 is 0 Å². The molecule has 0 aliphatic heterocycles. The summed E-state index contributed by atoms with van der Waals surface area (Å²) in [5.74, 6) is 1.50. The minimum absolute atomic E-state index is 0.320. The van der Waals surface area contributed by atoms with Gasteiger partial charge in [0.25, 0.3) is 0 Å². The van der Waals surface area contributed by atoms with Crippen LogP contribution < -0.4 is 0 Å². The number of hydrogen-bond acceptors (Lipinski definition) is 2. The fraction of sp³-hybridized carbons (Fsp3) is 0.667. The van der Waals surface area contributed by atoms with Gasteiger partial charge in [-0.25, -0.2) is 9.97 Å². The Kier molecular flexibility index (Phi) is 11.3. The first kappa shape index (κ1) is 25.8. The number of nitrogens with zero attached hydrogens (tertiary/aromatic N) is 2. The number of rotatable bonds is 14. The number of benzene rings is 1. The average Bonchev–Trinajstić information content (AvgIpc) is 2.84. The summed E-state index contributed by atoms with van der Waals surface area (Å²) in [7, 11) is 0. The van der Waals surface area contributed by atoms with Crippen molar-refractivity contribution in [1.29, 1.82) is 0 Å². The first-order valence-electron chi connectivity index (χ1n) is 13.8. The van der Waals surface area contributed by atoms with Gasteiger partial charge in [0.15, 0.2) is 0 Å². The average molecular weight is 453 g/mol. The van der Waals surface area contributed by atoms with Crippen molar-refractivity contribution >= 4 is 0 Å². The molecule has 1 saturated carbocycles. The largest absolute Gasteiger partial charge is 0.240 e. The summed E-state index contributed by atoms with van der Waals surface area (Å²) in [5.41, 5.74) is 2.73. The van der Waals surface area contributed by atoms with Gasteiger partial charge in [0, 0.05) is 12.1 Å². The lowest BCUT2D eigenvalue weighted by Gasteiger charge is -2.27. The van der Waals surface area contributed by atoms with E-state index in [1.54, 1.807) is 6.20 Å². The van der Waals surface area contributed by atoms with Gasteiger partial charge in [0.1, 0.15) is 5.82 Å². The van der Waals surface area contributed by atoms with Crippen LogP contribution in [0.15, 0.2) is 30.5 Å². The van der Waals surface area contributed by atoms with Crippen LogP contribution >= 0.6 is 0 Å². The Morgan fingerprint density at radius 1 is 0.788 bits per heavy atom. The number of halogens is 1. The molecule has 1 aliphatic rings. The van der Waals surface area contributed by atoms with E-state index in [0.717, 1.165) is 30.7 Å². The third-order valence-corrected chi connectivity index (χ3v) is 7.52. The molecule has 3 rings (SSSR count). The predicted octanol–water partition coefficient (Wildman–Crippen LogP) is 9.43. The lowest BCUT2D eigenvalue weighted by molar-refractivity contribution is 0.296. The molecular formula is C30H45FN2. The fourth-order valence-corrected chi connectivity index (χ4v) is 5.29. The molecule has 1 fully saturated rings. The Labute approximate surface area is 201 Å². The van der Waals surface area contributed by atoms with Crippen molar-refractivity contribution in [1.82, 2.24) is 9.97 Å². The molecule has 0 bridgehead atoms. The molecule has 2 nitrogen and oxygen atoms in total. The molecule has 1 aromatic carbocycles. The minimum atomic E-state index is -0.370. The molecule has 182 valence electrons. The zero-order chi connectivity index (χ0) is 23.3. The molecule has 0 unspecified atom stereocenters. The van der Waals surface area contributed by atoms with E-state index >= 15 is 0 Å². The van der Waals surface area contributed by atoms with E-state index in [0.29, 0.717) is 17.3 Å². The quantitative estimate of drug-likeness (QED) is 0.211. The lowest BCUT2D eigenvalue weighted by atomic mass is 9.79. The number of hydrogen-bond donors (Lipinski definition) is 0. The summed E-state index contributed by atoms with van der Waals surface area (Å²) in [6.07, 6.45) is 22.1. The molecule has 2 aromatic rings. The molecule has 0 saturated heterocycles. The van der Waals surface area contributed by atoms with E-state index < -0.39 is 0 Å². The zero-order valence-corrected chi connectivity index (χ0v) is 21.1. The Morgan fingerprint density at radius 2 is 1.42 bits per heavy atom. The second-order valence-corrected chi connectivity index (χ2v) is 10.2. The predicted molar refractivity (Wildman–Crippen MR) is 138 cm³/mol. The van der Waals surface area contributed by atoms with Crippen molar-refractivity contribution in [3.05, 3.63) is 47.8 Å². The maximum atomic E-state index is 14.9. The first-order valence-corrected chi connectivity index (χ1v) is 13.8. The number of aryl methyl sites for hydroxylation is 1. The first-order chi connectivity index (χ1) is 16.2. The SMILES string of the molecule is CCCCCCCCCc1ccc(-c2cnc([C@H]3CC[C@H](CCCCC)CC3)nc2F)cc1. The van der Waals surface area contributed by atoms with Gasteiger partial charge in [0.2, 0.25) is 5.95 Å². The van der Waals surface area contributed by atoms with Gasteiger partial charge in [-0.1, -0.05) is 102 Å². The van der Waals surface area contributed by atoms with Gasteiger partial charge in [0.05, 0.1) is 5.56 Å². The highest BCUT2D eigenvalue weighted by molar-refractivity contribution is 5.62. The summed E-state index contributed by atoms with van der Waals surface area (Å²) >= 11 is 0. The normalized spacial score (nSPS) is 18.5. The Morgan fingerprint density at radius 3 is 2.09 bits per heavy atom. The van der Waals surface area contributed by atoms with Crippen LogP contribution in [0.2, 0.25) is 0 Å². The van der Waals surface area contributed by atoms with Gasteiger partial charge in [-0.15, -0.1) is 0 Å². The fourth-order valence-electron chi connectivity index (χ4n) is 5.29.